The molecule has 0 amide bonds. The van der Waals surface area contributed by atoms with Crippen molar-refractivity contribution in [1.82, 2.24) is 4.98 Å². The Balaban J connectivity index is 2.04. The van der Waals surface area contributed by atoms with Crippen LogP contribution in [-0.4, -0.2) is 9.91 Å². The van der Waals surface area contributed by atoms with E-state index in [9.17, 15) is 10.1 Å². The number of thiazole rings is 1. The van der Waals surface area contributed by atoms with Crippen LogP contribution in [0.25, 0.3) is 0 Å². The maximum Gasteiger partial charge on any atom is 0.269 e. The van der Waals surface area contributed by atoms with Crippen molar-refractivity contribution < 1.29 is 4.92 Å². The number of rotatable bonds is 4. The molecule has 0 saturated heterocycles. The van der Waals surface area contributed by atoms with E-state index in [1.807, 2.05) is 11.4 Å². The Morgan fingerprint density at radius 1 is 1.50 bits per heavy atom. The predicted octanol–water partition coefficient (Wildman–Crippen LogP) is 2.66. The van der Waals surface area contributed by atoms with Crippen molar-refractivity contribution in [3.05, 3.63) is 51.5 Å². The van der Waals surface area contributed by atoms with Crippen molar-refractivity contribution >= 4 is 22.2 Å². The molecule has 1 aromatic heterocycles. The summed E-state index contributed by atoms with van der Waals surface area (Å²) in [6.45, 7) is 0.537. The summed E-state index contributed by atoms with van der Waals surface area (Å²) < 4.78 is 0. The Bertz CT molecular complexity index is 485. The molecule has 0 bridgehead atoms. The van der Waals surface area contributed by atoms with E-state index in [1.54, 1.807) is 18.3 Å². The molecule has 1 aromatic carbocycles. The second-order valence-corrected chi connectivity index (χ2v) is 4.01. The highest BCUT2D eigenvalue weighted by Gasteiger charge is 2.05. The summed E-state index contributed by atoms with van der Waals surface area (Å²) in [5, 5.41) is 16.3. The lowest BCUT2D eigenvalue weighted by atomic mass is 10.2. The summed E-state index contributed by atoms with van der Waals surface area (Å²) in [5.41, 5.74) is 0.975. The number of benzene rings is 1. The first-order chi connectivity index (χ1) is 7.75. The first kappa shape index (κ1) is 10.6. The number of aromatic nitrogens is 1. The van der Waals surface area contributed by atoms with Gasteiger partial charge in [-0.1, -0.05) is 12.1 Å². The molecule has 0 unspecified atom stereocenters. The highest BCUT2D eigenvalue weighted by Crippen LogP contribution is 2.16. The molecule has 82 valence electrons. The van der Waals surface area contributed by atoms with Gasteiger partial charge >= 0.3 is 0 Å². The van der Waals surface area contributed by atoms with Gasteiger partial charge in [0, 0.05) is 30.3 Å². The van der Waals surface area contributed by atoms with Gasteiger partial charge in [-0.25, -0.2) is 4.98 Å². The number of nitro groups is 1. The summed E-state index contributed by atoms with van der Waals surface area (Å²) in [6.07, 6.45) is 1.71. The van der Waals surface area contributed by atoms with Gasteiger partial charge in [0.05, 0.1) is 4.92 Å². The minimum absolute atomic E-state index is 0.110. The van der Waals surface area contributed by atoms with E-state index in [1.165, 1.54) is 17.4 Å². The van der Waals surface area contributed by atoms with Gasteiger partial charge in [-0.2, -0.15) is 0 Å². The quantitative estimate of drug-likeness (QED) is 0.653. The van der Waals surface area contributed by atoms with Crippen LogP contribution in [0.2, 0.25) is 0 Å². The minimum atomic E-state index is -0.396. The molecule has 0 atom stereocenters. The number of nitrogens with one attached hydrogen (secondary N) is 1. The van der Waals surface area contributed by atoms with Crippen molar-refractivity contribution in [3.8, 4) is 0 Å². The van der Waals surface area contributed by atoms with Crippen LogP contribution < -0.4 is 5.32 Å². The van der Waals surface area contributed by atoms with Crippen LogP contribution in [0, 0.1) is 10.1 Å². The summed E-state index contributed by atoms with van der Waals surface area (Å²) in [5.74, 6) is 0. The summed E-state index contributed by atoms with van der Waals surface area (Å²) in [7, 11) is 0. The Hall–Kier alpha value is -1.95. The Labute approximate surface area is 95.9 Å². The van der Waals surface area contributed by atoms with Crippen molar-refractivity contribution in [3.63, 3.8) is 0 Å². The highest BCUT2D eigenvalue weighted by molar-refractivity contribution is 7.13. The average molecular weight is 235 g/mol. The third-order valence-corrected chi connectivity index (χ3v) is 2.73. The number of anilines is 1. The number of non-ortho nitro benzene ring substituents is 1. The zero-order valence-corrected chi connectivity index (χ0v) is 9.11. The average Bonchev–Trinajstić information content (AvgIpc) is 2.79. The summed E-state index contributed by atoms with van der Waals surface area (Å²) >= 11 is 1.50. The van der Waals surface area contributed by atoms with Crippen LogP contribution in [-0.2, 0) is 6.54 Å². The van der Waals surface area contributed by atoms with E-state index in [4.69, 9.17) is 0 Å². The van der Waals surface area contributed by atoms with E-state index in [2.05, 4.69) is 10.3 Å². The Morgan fingerprint density at radius 2 is 2.38 bits per heavy atom. The third-order valence-electron chi connectivity index (χ3n) is 2.00. The van der Waals surface area contributed by atoms with Crippen LogP contribution in [0.1, 0.15) is 5.56 Å². The molecule has 1 N–H and O–H groups in total. The fourth-order valence-corrected chi connectivity index (χ4v) is 1.80. The molecular weight excluding hydrogens is 226 g/mol. The second kappa shape index (κ2) is 4.71. The van der Waals surface area contributed by atoms with Crippen LogP contribution in [0.5, 0.6) is 0 Å². The summed E-state index contributed by atoms with van der Waals surface area (Å²) in [6, 6.07) is 6.55. The zero-order chi connectivity index (χ0) is 11.4. The van der Waals surface area contributed by atoms with Gasteiger partial charge in [0.2, 0.25) is 0 Å². The lowest BCUT2D eigenvalue weighted by Crippen LogP contribution is -1.99. The lowest BCUT2D eigenvalue weighted by molar-refractivity contribution is -0.384. The first-order valence-electron chi connectivity index (χ1n) is 4.62. The van der Waals surface area contributed by atoms with Crippen LogP contribution in [0.3, 0.4) is 0 Å². The minimum Gasteiger partial charge on any atom is -0.357 e. The Morgan fingerprint density at radius 3 is 3.06 bits per heavy atom. The zero-order valence-electron chi connectivity index (χ0n) is 8.29. The SMILES string of the molecule is O=[N+]([O-])c1cccc(CNc2nccs2)c1. The van der Waals surface area contributed by atoms with Crippen molar-refractivity contribution in [2.75, 3.05) is 5.32 Å². The van der Waals surface area contributed by atoms with E-state index in [0.29, 0.717) is 6.54 Å². The maximum atomic E-state index is 10.6. The first-order valence-corrected chi connectivity index (χ1v) is 5.50. The van der Waals surface area contributed by atoms with Crippen molar-refractivity contribution in [2.45, 2.75) is 6.54 Å². The normalized spacial score (nSPS) is 10.0. The molecule has 0 fully saturated rings. The molecule has 16 heavy (non-hydrogen) atoms. The summed E-state index contributed by atoms with van der Waals surface area (Å²) in [4.78, 5) is 14.2. The molecule has 0 aliphatic rings. The maximum absolute atomic E-state index is 10.6. The smallest absolute Gasteiger partial charge is 0.269 e. The molecule has 0 radical (unpaired) electrons. The van der Waals surface area contributed by atoms with Crippen LogP contribution in [0.4, 0.5) is 10.8 Å². The van der Waals surface area contributed by atoms with E-state index >= 15 is 0 Å². The van der Waals surface area contributed by atoms with Gasteiger partial charge in [0.25, 0.3) is 5.69 Å². The fourth-order valence-electron chi connectivity index (χ4n) is 1.27. The largest absolute Gasteiger partial charge is 0.357 e. The Kier molecular flexibility index (Phi) is 3.11. The fraction of sp³-hybridized carbons (Fsp3) is 0.100. The van der Waals surface area contributed by atoms with Crippen molar-refractivity contribution in [1.29, 1.82) is 0 Å². The predicted molar refractivity (Wildman–Crippen MR) is 62.5 cm³/mol. The van der Waals surface area contributed by atoms with Crippen LogP contribution >= 0.6 is 11.3 Å². The third kappa shape index (κ3) is 2.54. The molecule has 0 saturated carbocycles. The standard InChI is InChI=1S/C10H9N3O2S/c14-13(15)9-3-1-2-8(6-9)7-12-10-11-4-5-16-10/h1-6H,7H2,(H,11,12). The van der Waals surface area contributed by atoms with E-state index < -0.39 is 4.92 Å². The molecule has 5 nitrogen and oxygen atoms in total. The highest BCUT2D eigenvalue weighted by atomic mass is 32.1. The van der Waals surface area contributed by atoms with Gasteiger partial charge in [0.1, 0.15) is 0 Å². The topological polar surface area (TPSA) is 68.1 Å². The molecule has 6 heteroatoms. The number of nitro benzene ring substituents is 1. The van der Waals surface area contributed by atoms with Gasteiger partial charge in [-0.15, -0.1) is 11.3 Å². The molecular formula is C10H9N3O2S. The van der Waals surface area contributed by atoms with Gasteiger partial charge < -0.3 is 5.32 Å². The van der Waals surface area contributed by atoms with E-state index in [-0.39, 0.29) is 5.69 Å². The van der Waals surface area contributed by atoms with Crippen LogP contribution in [0.15, 0.2) is 35.8 Å². The number of nitrogens with zero attached hydrogens (tertiary/aromatic N) is 2. The van der Waals surface area contributed by atoms with E-state index in [0.717, 1.165) is 10.7 Å². The van der Waals surface area contributed by atoms with Gasteiger partial charge in [0.15, 0.2) is 5.13 Å². The van der Waals surface area contributed by atoms with Gasteiger partial charge in [-0.05, 0) is 5.56 Å². The molecule has 0 spiro atoms. The molecule has 0 aliphatic carbocycles. The molecule has 0 aliphatic heterocycles. The monoisotopic (exact) mass is 235 g/mol. The number of hydrogen-bond donors (Lipinski definition) is 1. The molecule has 2 rings (SSSR count). The van der Waals surface area contributed by atoms with Crippen molar-refractivity contribution in [2.24, 2.45) is 0 Å². The molecule has 1 heterocycles. The number of hydrogen-bond acceptors (Lipinski definition) is 5. The second-order valence-electron chi connectivity index (χ2n) is 3.12. The lowest BCUT2D eigenvalue weighted by Gasteiger charge is -2.02. The van der Waals surface area contributed by atoms with Gasteiger partial charge in [-0.3, -0.25) is 10.1 Å². The molecule has 2 aromatic rings.